The molecule has 0 radical (unpaired) electrons. The van der Waals surface area contributed by atoms with Crippen molar-refractivity contribution in [2.45, 2.75) is 44.6 Å². The van der Waals surface area contributed by atoms with Gasteiger partial charge in [0, 0.05) is 11.1 Å². The highest BCUT2D eigenvalue weighted by molar-refractivity contribution is 6.30. The van der Waals surface area contributed by atoms with E-state index in [9.17, 15) is 0 Å². The van der Waals surface area contributed by atoms with E-state index < -0.39 is 0 Å². The summed E-state index contributed by atoms with van der Waals surface area (Å²) in [4.78, 5) is 0. The first-order valence-corrected chi connectivity index (χ1v) is 7.19. The maximum absolute atomic E-state index is 6.10. The molecule has 0 heterocycles. The largest absolute Gasteiger partial charge is 0.496 e. The molecule has 1 saturated carbocycles. The van der Waals surface area contributed by atoms with E-state index in [1.807, 2.05) is 12.1 Å². The van der Waals surface area contributed by atoms with Crippen molar-refractivity contribution in [2.24, 2.45) is 0 Å². The molecule has 0 aliphatic heterocycles. The second-order valence-electron chi connectivity index (χ2n) is 5.05. The maximum Gasteiger partial charge on any atom is 0.122 e. The van der Waals surface area contributed by atoms with Crippen molar-refractivity contribution < 1.29 is 4.74 Å². The van der Waals surface area contributed by atoms with Crippen molar-refractivity contribution in [1.82, 2.24) is 5.32 Å². The lowest BCUT2D eigenvalue weighted by molar-refractivity contribution is 0.404. The Bertz CT molecular complexity index is 394. The Morgan fingerprint density at radius 3 is 2.94 bits per heavy atom. The van der Waals surface area contributed by atoms with Crippen molar-refractivity contribution in [3.05, 3.63) is 28.8 Å². The van der Waals surface area contributed by atoms with Crippen LogP contribution in [0.15, 0.2) is 18.2 Å². The number of hydrogen-bond donors (Lipinski definition) is 1. The molecule has 0 saturated heterocycles. The topological polar surface area (TPSA) is 21.3 Å². The standard InChI is InChI=1S/C15H22ClNO/c1-3-8-17-13-6-4-11(9-13)14-10-12(16)5-7-15(14)18-2/h5,7,10-11,13,17H,3-4,6,8-9H2,1-2H3. The van der Waals surface area contributed by atoms with Gasteiger partial charge in [-0.05, 0) is 61.9 Å². The van der Waals surface area contributed by atoms with Gasteiger partial charge in [0.25, 0.3) is 0 Å². The summed E-state index contributed by atoms with van der Waals surface area (Å²) in [6.07, 6.45) is 4.86. The van der Waals surface area contributed by atoms with Crippen molar-refractivity contribution in [3.63, 3.8) is 0 Å². The van der Waals surface area contributed by atoms with Gasteiger partial charge in [0.05, 0.1) is 7.11 Å². The van der Waals surface area contributed by atoms with Crippen LogP contribution in [0.5, 0.6) is 5.75 Å². The Kier molecular flexibility index (Phi) is 4.90. The van der Waals surface area contributed by atoms with Crippen LogP contribution < -0.4 is 10.1 Å². The molecule has 0 spiro atoms. The molecule has 100 valence electrons. The van der Waals surface area contributed by atoms with E-state index in [4.69, 9.17) is 16.3 Å². The summed E-state index contributed by atoms with van der Waals surface area (Å²) in [6, 6.07) is 6.59. The molecular formula is C15H22ClNO. The molecule has 0 amide bonds. The number of methoxy groups -OCH3 is 1. The van der Waals surface area contributed by atoms with Gasteiger partial charge < -0.3 is 10.1 Å². The molecule has 1 aliphatic rings. The SMILES string of the molecule is CCCNC1CCC(c2cc(Cl)ccc2OC)C1. The van der Waals surface area contributed by atoms with Gasteiger partial charge in [-0.3, -0.25) is 0 Å². The quantitative estimate of drug-likeness (QED) is 0.871. The zero-order chi connectivity index (χ0) is 13.0. The normalized spacial score (nSPS) is 23.3. The molecular weight excluding hydrogens is 246 g/mol. The van der Waals surface area contributed by atoms with Crippen molar-refractivity contribution in [3.8, 4) is 5.75 Å². The number of hydrogen-bond acceptors (Lipinski definition) is 2. The minimum Gasteiger partial charge on any atom is -0.496 e. The molecule has 1 aromatic rings. The first kappa shape index (κ1) is 13.7. The molecule has 1 N–H and O–H groups in total. The van der Waals surface area contributed by atoms with Gasteiger partial charge in [0.2, 0.25) is 0 Å². The van der Waals surface area contributed by atoms with Crippen LogP contribution in [0.2, 0.25) is 5.02 Å². The van der Waals surface area contributed by atoms with E-state index in [0.29, 0.717) is 12.0 Å². The van der Waals surface area contributed by atoms with E-state index in [1.54, 1.807) is 7.11 Å². The molecule has 1 aliphatic carbocycles. The monoisotopic (exact) mass is 267 g/mol. The van der Waals surface area contributed by atoms with Crippen LogP contribution in [0, 0.1) is 0 Å². The van der Waals surface area contributed by atoms with Crippen LogP contribution in [0.3, 0.4) is 0 Å². The second-order valence-corrected chi connectivity index (χ2v) is 5.48. The molecule has 3 heteroatoms. The summed E-state index contributed by atoms with van der Waals surface area (Å²) in [6.45, 7) is 3.32. The Morgan fingerprint density at radius 2 is 2.22 bits per heavy atom. The van der Waals surface area contributed by atoms with Gasteiger partial charge in [-0.15, -0.1) is 0 Å². The molecule has 0 bridgehead atoms. The fourth-order valence-electron chi connectivity index (χ4n) is 2.82. The third-order valence-corrected chi connectivity index (χ3v) is 3.98. The molecule has 2 unspecified atom stereocenters. The van der Waals surface area contributed by atoms with Crippen LogP contribution in [0.4, 0.5) is 0 Å². The van der Waals surface area contributed by atoms with Gasteiger partial charge in [-0.1, -0.05) is 18.5 Å². The van der Waals surface area contributed by atoms with E-state index in [2.05, 4.69) is 18.3 Å². The summed E-state index contributed by atoms with van der Waals surface area (Å²) in [5.41, 5.74) is 1.27. The number of rotatable bonds is 5. The number of ether oxygens (including phenoxy) is 1. The van der Waals surface area contributed by atoms with Crippen molar-refractivity contribution >= 4 is 11.6 Å². The summed E-state index contributed by atoms with van der Waals surface area (Å²) in [7, 11) is 1.73. The average molecular weight is 268 g/mol. The van der Waals surface area contributed by atoms with Gasteiger partial charge >= 0.3 is 0 Å². The third kappa shape index (κ3) is 3.18. The number of nitrogens with one attached hydrogen (secondary N) is 1. The van der Waals surface area contributed by atoms with Gasteiger partial charge in [0.1, 0.15) is 5.75 Å². The first-order chi connectivity index (χ1) is 8.74. The van der Waals surface area contributed by atoms with E-state index >= 15 is 0 Å². The second kappa shape index (κ2) is 6.44. The van der Waals surface area contributed by atoms with Gasteiger partial charge in [-0.25, -0.2) is 0 Å². The van der Waals surface area contributed by atoms with Crippen molar-refractivity contribution in [2.75, 3.05) is 13.7 Å². The smallest absolute Gasteiger partial charge is 0.122 e. The van der Waals surface area contributed by atoms with Gasteiger partial charge in [-0.2, -0.15) is 0 Å². The Morgan fingerprint density at radius 1 is 1.39 bits per heavy atom. The van der Waals surface area contributed by atoms with Crippen molar-refractivity contribution in [1.29, 1.82) is 0 Å². The van der Waals surface area contributed by atoms with Crippen LogP contribution in [0.25, 0.3) is 0 Å². The minimum absolute atomic E-state index is 0.577. The highest BCUT2D eigenvalue weighted by Gasteiger charge is 2.27. The lowest BCUT2D eigenvalue weighted by atomic mass is 9.96. The van der Waals surface area contributed by atoms with E-state index in [-0.39, 0.29) is 0 Å². The van der Waals surface area contributed by atoms with Crippen LogP contribution in [-0.2, 0) is 0 Å². The zero-order valence-electron chi connectivity index (χ0n) is 11.2. The molecule has 1 fully saturated rings. The summed E-state index contributed by atoms with van der Waals surface area (Å²) in [5.74, 6) is 1.55. The molecule has 0 aromatic heterocycles. The lowest BCUT2D eigenvalue weighted by Crippen LogP contribution is -2.26. The maximum atomic E-state index is 6.10. The summed E-state index contributed by atoms with van der Waals surface area (Å²) < 4.78 is 5.45. The first-order valence-electron chi connectivity index (χ1n) is 6.81. The Balaban J connectivity index is 2.06. The molecule has 2 atom stereocenters. The van der Waals surface area contributed by atoms with E-state index in [1.165, 1.54) is 31.2 Å². The molecule has 2 nitrogen and oxygen atoms in total. The Hall–Kier alpha value is -0.730. The predicted octanol–water partition coefficient (Wildman–Crippen LogP) is 3.98. The van der Waals surface area contributed by atoms with Crippen LogP contribution in [-0.4, -0.2) is 19.7 Å². The zero-order valence-corrected chi connectivity index (χ0v) is 12.0. The van der Waals surface area contributed by atoms with Gasteiger partial charge in [0.15, 0.2) is 0 Å². The van der Waals surface area contributed by atoms with E-state index in [0.717, 1.165) is 17.3 Å². The van der Waals surface area contributed by atoms with Crippen LogP contribution >= 0.6 is 11.6 Å². The highest BCUT2D eigenvalue weighted by Crippen LogP contribution is 2.39. The summed E-state index contributed by atoms with van der Waals surface area (Å²) >= 11 is 6.10. The molecule has 2 rings (SSSR count). The average Bonchev–Trinajstić information content (AvgIpc) is 2.85. The number of benzene rings is 1. The number of halogens is 1. The molecule has 18 heavy (non-hydrogen) atoms. The molecule has 1 aromatic carbocycles. The fourth-order valence-corrected chi connectivity index (χ4v) is 3.00. The minimum atomic E-state index is 0.577. The third-order valence-electron chi connectivity index (χ3n) is 3.75. The Labute approximate surface area is 115 Å². The van der Waals surface area contributed by atoms with Crippen LogP contribution in [0.1, 0.15) is 44.1 Å². The fraction of sp³-hybridized carbons (Fsp3) is 0.600. The predicted molar refractivity (Wildman–Crippen MR) is 76.7 cm³/mol. The highest BCUT2D eigenvalue weighted by atomic mass is 35.5. The lowest BCUT2D eigenvalue weighted by Gasteiger charge is -2.16. The summed E-state index contributed by atoms with van der Waals surface area (Å²) in [5, 5.41) is 4.41.